The third kappa shape index (κ3) is 1.99. The molecule has 1 aromatic heterocycles. The van der Waals surface area contributed by atoms with Crippen molar-refractivity contribution in [2.75, 3.05) is 0 Å². The fourth-order valence-corrected chi connectivity index (χ4v) is 1.22. The summed E-state index contributed by atoms with van der Waals surface area (Å²) in [5.41, 5.74) is 1.64. The molecule has 2 rings (SSSR count). The van der Waals surface area contributed by atoms with Crippen LogP contribution in [0.1, 0.15) is 0 Å². The quantitative estimate of drug-likeness (QED) is 0.551. The molecule has 0 bridgehead atoms. The lowest BCUT2D eigenvalue weighted by molar-refractivity contribution is -0.385. The molecule has 0 fully saturated rings. The summed E-state index contributed by atoms with van der Waals surface area (Å²) in [5, 5.41) is 10.4. The number of aromatic nitrogens is 1. The molecular weight excluding hydrogens is 192 g/mol. The highest BCUT2D eigenvalue weighted by Gasteiger charge is 2.05. The number of hydrogen-bond donors (Lipinski definition) is 0. The Balaban J connectivity index is 2.36. The highest BCUT2D eigenvalue weighted by molar-refractivity contribution is 5.59. The molecule has 0 spiro atoms. The van der Waals surface area contributed by atoms with Crippen LogP contribution in [0.5, 0.6) is 0 Å². The van der Waals surface area contributed by atoms with Gasteiger partial charge in [-0.2, -0.15) is 0 Å². The summed E-state index contributed by atoms with van der Waals surface area (Å²) in [5.74, 6) is 0. The Kier molecular flexibility index (Phi) is 2.41. The van der Waals surface area contributed by atoms with Crippen LogP contribution in [-0.2, 0) is 0 Å². The molecule has 0 aliphatic rings. The SMILES string of the molecule is O=[N+]([O-])c1ccc(-c2cc[c]cc2)nc1. The van der Waals surface area contributed by atoms with E-state index in [4.69, 9.17) is 0 Å². The Morgan fingerprint density at radius 3 is 2.47 bits per heavy atom. The first-order valence-electron chi connectivity index (χ1n) is 4.34. The third-order valence-electron chi connectivity index (χ3n) is 1.97. The monoisotopic (exact) mass is 199 g/mol. The maximum Gasteiger partial charge on any atom is 0.287 e. The van der Waals surface area contributed by atoms with E-state index in [1.165, 1.54) is 12.3 Å². The molecule has 4 heteroatoms. The van der Waals surface area contributed by atoms with Gasteiger partial charge in [0.25, 0.3) is 5.69 Å². The second-order valence-electron chi connectivity index (χ2n) is 2.95. The average Bonchev–Trinajstić information content (AvgIpc) is 2.30. The highest BCUT2D eigenvalue weighted by atomic mass is 16.6. The third-order valence-corrected chi connectivity index (χ3v) is 1.97. The van der Waals surface area contributed by atoms with Crippen molar-refractivity contribution in [1.82, 2.24) is 4.98 Å². The predicted octanol–water partition coefficient (Wildman–Crippen LogP) is 2.46. The van der Waals surface area contributed by atoms with Crippen LogP contribution >= 0.6 is 0 Å². The Bertz CT molecular complexity index is 466. The van der Waals surface area contributed by atoms with Crippen molar-refractivity contribution in [3.05, 3.63) is 58.8 Å². The standard InChI is InChI=1S/C11H7N2O2/c14-13(15)10-6-7-11(12-8-10)9-4-2-1-3-5-9/h2-8H. The largest absolute Gasteiger partial charge is 0.287 e. The zero-order chi connectivity index (χ0) is 10.7. The van der Waals surface area contributed by atoms with E-state index in [1.807, 2.05) is 12.1 Å². The molecule has 15 heavy (non-hydrogen) atoms. The summed E-state index contributed by atoms with van der Waals surface area (Å²) in [7, 11) is 0. The van der Waals surface area contributed by atoms with Crippen LogP contribution in [0.15, 0.2) is 42.6 Å². The Morgan fingerprint density at radius 1 is 1.20 bits per heavy atom. The summed E-state index contributed by atoms with van der Waals surface area (Å²) in [6.07, 6.45) is 1.26. The van der Waals surface area contributed by atoms with Crippen LogP contribution in [0.2, 0.25) is 0 Å². The van der Waals surface area contributed by atoms with E-state index in [1.54, 1.807) is 18.2 Å². The molecule has 73 valence electrons. The van der Waals surface area contributed by atoms with Crippen molar-refractivity contribution in [2.45, 2.75) is 0 Å². The van der Waals surface area contributed by atoms with Gasteiger partial charge in [0, 0.05) is 11.6 Å². The number of hydrogen-bond acceptors (Lipinski definition) is 3. The second-order valence-corrected chi connectivity index (χ2v) is 2.95. The number of benzene rings is 1. The number of pyridine rings is 1. The zero-order valence-corrected chi connectivity index (χ0v) is 7.75. The molecule has 0 saturated heterocycles. The Hall–Kier alpha value is -2.23. The van der Waals surface area contributed by atoms with Crippen LogP contribution in [0.4, 0.5) is 5.69 Å². The van der Waals surface area contributed by atoms with E-state index in [0.29, 0.717) is 0 Å². The van der Waals surface area contributed by atoms with E-state index in [-0.39, 0.29) is 5.69 Å². The minimum atomic E-state index is -0.463. The zero-order valence-electron chi connectivity index (χ0n) is 7.75. The molecule has 2 aromatic rings. The van der Waals surface area contributed by atoms with Crippen molar-refractivity contribution in [2.24, 2.45) is 0 Å². The van der Waals surface area contributed by atoms with Crippen molar-refractivity contribution < 1.29 is 4.92 Å². The van der Waals surface area contributed by atoms with Gasteiger partial charge in [-0.25, -0.2) is 4.98 Å². The van der Waals surface area contributed by atoms with Gasteiger partial charge in [-0.15, -0.1) is 0 Å². The molecule has 1 aromatic carbocycles. The smallest absolute Gasteiger partial charge is 0.258 e. The van der Waals surface area contributed by atoms with Gasteiger partial charge in [0.05, 0.1) is 10.6 Å². The van der Waals surface area contributed by atoms with Crippen LogP contribution in [-0.4, -0.2) is 9.91 Å². The second kappa shape index (κ2) is 3.88. The van der Waals surface area contributed by atoms with E-state index >= 15 is 0 Å². The lowest BCUT2D eigenvalue weighted by atomic mass is 10.1. The summed E-state index contributed by atoms with van der Waals surface area (Å²) in [6.45, 7) is 0. The summed E-state index contributed by atoms with van der Waals surface area (Å²) in [6, 6.07) is 13.2. The van der Waals surface area contributed by atoms with Gasteiger partial charge in [-0.1, -0.05) is 24.3 Å². The predicted molar refractivity (Wildman–Crippen MR) is 55.2 cm³/mol. The van der Waals surface area contributed by atoms with Crippen molar-refractivity contribution in [3.8, 4) is 11.3 Å². The Morgan fingerprint density at radius 2 is 1.93 bits per heavy atom. The summed E-state index contributed by atoms with van der Waals surface area (Å²) >= 11 is 0. The van der Waals surface area contributed by atoms with Crippen LogP contribution < -0.4 is 0 Å². The fourth-order valence-electron chi connectivity index (χ4n) is 1.22. The van der Waals surface area contributed by atoms with E-state index in [9.17, 15) is 10.1 Å². The molecule has 1 heterocycles. The molecule has 4 nitrogen and oxygen atoms in total. The van der Waals surface area contributed by atoms with E-state index in [0.717, 1.165) is 11.3 Å². The van der Waals surface area contributed by atoms with Gasteiger partial charge in [0.2, 0.25) is 0 Å². The molecule has 0 N–H and O–H groups in total. The average molecular weight is 199 g/mol. The van der Waals surface area contributed by atoms with Crippen molar-refractivity contribution >= 4 is 5.69 Å². The minimum absolute atomic E-state index is 0.00115. The molecule has 0 saturated carbocycles. The number of rotatable bonds is 2. The van der Waals surface area contributed by atoms with Crippen molar-refractivity contribution in [1.29, 1.82) is 0 Å². The van der Waals surface area contributed by atoms with Gasteiger partial charge in [-0.05, 0) is 12.1 Å². The van der Waals surface area contributed by atoms with Crippen LogP contribution in [0.25, 0.3) is 11.3 Å². The van der Waals surface area contributed by atoms with E-state index in [2.05, 4.69) is 11.1 Å². The number of nitrogens with zero attached hydrogens (tertiary/aromatic N) is 2. The minimum Gasteiger partial charge on any atom is -0.258 e. The highest BCUT2D eigenvalue weighted by Crippen LogP contribution is 2.18. The van der Waals surface area contributed by atoms with Gasteiger partial charge in [0.1, 0.15) is 6.20 Å². The first kappa shape index (κ1) is 9.33. The van der Waals surface area contributed by atoms with Gasteiger partial charge >= 0.3 is 0 Å². The van der Waals surface area contributed by atoms with Crippen LogP contribution in [0.3, 0.4) is 0 Å². The molecule has 0 amide bonds. The van der Waals surface area contributed by atoms with Crippen LogP contribution in [0, 0.1) is 16.2 Å². The maximum absolute atomic E-state index is 10.4. The lowest BCUT2D eigenvalue weighted by Crippen LogP contribution is -1.89. The topological polar surface area (TPSA) is 56.0 Å². The molecule has 0 atom stereocenters. The van der Waals surface area contributed by atoms with E-state index < -0.39 is 4.92 Å². The molecule has 0 aliphatic carbocycles. The first-order valence-corrected chi connectivity index (χ1v) is 4.34. The fraction of sp³-hybridized carbons (Fsp3) is 0. The summed E-state index contributed by atoms with van der Waals surface area (Å²) < 4.78 is 0. The van der Waals surface area contributed by atoms with Crippen molar-refractivity contribution in [3.63, 3.8) is 0 Å². The maximum atomic E-state index is 10.4. The Labute approximate surface area is 86.4 Å². The summed E-state index contributed by atoms with van der Waals surface area (Å²) in [4.78, 5) is 14.0. The number of nitro groups is 1. The molecule has 0 aliphatic heterocycles. The van der Waals surface area contributed by atoms with Gasteiger partial charge < -0.3 is 0 Å². The normalized spacial score (nSPS) is 9.87. The molecular formula is C11H7N2O2. The molecule has 0 unspecified atom stereocenters. The van der Waals surface area contributed by atoms with Gasteiger partial charge in [0.15, 0.2) is 0 Å². The van der Waals surface area contributed by atoms with Gasteiger partial charge in [-0.3, -0.25) is 10.1 Å². The first-order chi connectivity index (χ1) is 7.27. The lowest BCUT2D eigenvalue weighted by Gasteiger charge is -1.98. The molecule has 1 radical (unpaired) electrons.